The Bertz CT molecular complexity index is 449. The standard InChI is InChI=1S/C19H31NO5/c21-18(22)8-4-2-1-3-7-14-15(17-11-10-16(14)24-17)13-20-25-19-9-5-6-12-23-19/h1,3,14-17,19-20H,2,4-13H2,(H,21,22)/b3-1-/t14-,15+,16-,17+,19?/m0/s1. The van der Waals surface area contributed by atoms with E-state index >= 15 is 0 Å². The summed E-state index contributed by atoms with van der Waals surface area (Å²) in [5, 5.41) is 8.66. The molecule has 2 N–H and O–H groups in total. The first-order chi connectivity index (χ1) is 12.2. The molecule has 2 bridgehead atoms. The van der Waals surface area contributed by atoms with Gasteiger partial charge in [-0.1, -0.05) is 12.2 Å². The van der Waals surface area contributed by atoms with Crippen LogP contribution in [0.2, 0.25) is 0 Å². The molecule has 0 amide bonds. The predicted octanol–water partition coefficient (Wildman–Crippen LogP) is 3.03. The fraction of sp³-hybridized carbons (Fsp3) is 0.842. The van der Waals surface area contributed by atoms with Crippen LogP contribution in [0, 0.1) is 11.8 Å². The van der Waals surface area contributed by atoms with Crippen molar-refractivity contribution in [2.45, 2.75) is 76.3 Å². The number of carboxylic acid groups (broad SMARTS) is 1. The zero-order valence-electron chi connectivity index (χ0n) is 14.9. The predicted molar refractivity (Wildman–Crippen MR) is 92.8 cm³/mol. The molecule has 0 spiro atoms. The van der Waals surface area contributed by atoms with Crippen molar-refractivity contribution in [3.8, 4) is 0 Å². The van der Waals surface area contributed by atoms with Crippen LogP contribution in [0.3, 0.4) is 0 Å². The Morgan fingerprint density at radius 1 is 1.16 bits per heavy atom. The molecule has 3 fully saturated rings. The van der Waals surface area contributed by atoms with Gasteiger partial charge in [-0.15, -0.1) is 0 Å². The van der Waals surface area contributed by atoms with E-state index in [1.54, 1.807) is 0 Å². The number of nitrogens with one attached hydrogen (secondary N) is 1. The second-order valence-electron chi connectivity index (χ2n) is 7.37. The molecule has 142 valence electrons. The van der Waals surface area contributed by atoms with Crippen LogP contribution in [-0.4, -0.2) is 42.7 Å². The Balaban J connectivity index is 1.38. The van der Waals surface area contributed by atoms with E-state index in [-0.39, 0.29) is 12.7 Å². The maximum absolute atomic E-state index is 10.5. The smallest absolute Gasteiger partial charge is 0.303 e. The summed E-state index contributed by atoms with van der Waals surface area (Å²) >= 11 is 0. The molecule has 0 aromatic carbocycles. The van der Waals surface area contributed by atoms with Gasteiger partial charge in [-0.3, -0.25) is 9.63 Å². The molecule has 5 atom stereocenters. The van der Waals surface area contributed by atoms with E-state index in [2.05, 4.69) is 17.6 Å². The molecule has 3 saturated heterocycles. The van der Waals surface area contributed by atoms with E-state index in [9.17, 15) is 4.79 Å². The van der Waals surface area contributed by atoms with Crippen LogP contribution in [-0.2, 0) is 19.1 Å². The highest BCUT2D eigenvalue weighted by atomic mass is 16.8. The van der Waals surface area contributed by atoms with Crippen LogP contribution in [0.15, 0.2) is 12.2 Å². The van der Waals surface area contributed by atoms with Crippen molar-refractivity contribution in [1.29, 1.82) is 0 Å². The Labute approximate surface area is 149 Å². The number of aliphatic carboxylic acids is 1. The molecular formula is C19H31NO5. The first kappa shape index (κ1) is 18.8. The Hall–Kier alpha value is -0.950. The molecule has 0 aromatic heterocycles. The summed E-state index contributed by atoms with van der Waals surface area (Å²) < 4.78 is 11.7. The number of carboxylic acids is 1. The van der Waals surface area contributed by atoms with Gasteiger partial charge < -0.3 is 14.6 Å². The fourth-order valence-electron chi connectivity index (χ4n) is 4.26. The Morgan fingerprint density at radius 3 is 2.76 bits per heavy atom. The van der Waals surface area contributed by atoms with E-state index < -0.39 is 5.97 Å². The highest BCUT2D eigenvalue weighted by Gasteiger charge is 2.47. The number of hydrogen-bond donors (Lipinski definition) is 2. The summed E-state index contributed by atoms with van der Waals surface area (Å²) in [7, 11) is 0. The molecule has 25 heavy (non-hydrogen) atoms. The third-order valence-corrected chi connectivity index (χ3v) is 5.60. The number of hydroxylamine groups is 1. The van der Waals surface area contributed by atoms with Crippen LogP contribution in [0.1, 0.15) is 57.8 Å². The Kier molecular flexibility index (Phi) is 7.28. The lowest BCUT2D eigenvalue weighted by atomic mass is 9.77. The van der Waals surface area contributed by atoms with E-state index in [1.807, 2.05) is 0 Å². The van der Waals surface area contributed by atoms with Crippen molar-refractivity contribution >= 4 is 5.97 Å². The first-order valence-electron chi connectivity index (χ1n) is 9.76. The van der Waals surface area contributed by atoms with Crippen LogP contribution >= 0.6 is 0 Å². The normalized spacial score (nSPS) is 34.8. The maximum Gasteiger partial charge on any atom is 0.303 e. The van der Waals surface area contributed by atoms with Crippen LogP contribution in [0.4, 0.5) is 0 Å². The number of unbranched alkanes of at least 4 members (excludes halogenated alkanes) is 1. The zero-order chi connectivity index (χ0) is 17.5. The third-order valence-electron chi connectivity index (χ3n) is 5.60. The molecule has 3 aliphatic rings. The van der Waals surface area contributed by atoms with E-state index in [0.29, 0.717) is 30.5 Å². The van der Waals surface area contributed by atoms with E-state index in [0.717, 1.165) is 51.7 Å². The van der Waals surface area contributed by atoms with Gasteiger partial charge in [0.05, 0.1) is 12.2 Å². The largest absolute Gasteiger partial charge is 0.481 e. The summed E-state index contributed by atoms with van der Waals surface area (Å²) in [6.45, 7) is 1.59. The van der Waals surface area contributed by atoms with Gasteiger partial charge in [0, 0.05) is 31.9 Å². The maximum atomic E-state index is 10.5. The quantitative estimate of drug-likeness (QED) is 0.357. The van der Waals surface area contributed by atoms with E-state index in [1.165, 1.54) is 6.42 Å². The highest BCUT2D eigenvalue weighted by molar-refractivity contribution is 5.66. The van der Waals surface area contributed by atoms with Crippen LogP contribution < -0.4 is 5.48 Å². The SMILES string of the molecule is O=C(O)CCC/C=C\C[C@H]1[C@@H](CNOC2CCCCO2)[C@H]2CC[C@@H]1O2. The molecule has 0 aliphatic carbocycles. The molecule has 3 heterocycles. The molecule has 0 saturated carbocycles. The van der Waals surface area contributed by atoms with Gasteiger partial charge in [0.15, 0.2) is 6.29 Å². The summed E-state index contributed by atoms with van der Waals surface area (Å²) in [6, 6.07) is 0. The second kappa shape index (κ2) is 9.67. The molecule has 1 unspecified atom stereocenters. The average molecular weight is 353 g/mol. The first-order valence-corrected chi connectivity index (χ1v) is 9.76. The fourth-order valence-corrected chi connectivity index (χ4v) is 4.26. The van der Waals surface area contributed by atoms with Crippen molar-refractivity contribution in [1.82, 2.24) is 5.48 Å². The van der Waals surface area contributed by atoms with Crippen molar-refractivity contribution in [3.63, 3.8) is 0 Å². The van der Waals surface area contributed by atoms with Gasteiger partial charge in [0.2, 0.25) is 0 Å². The van der Waals surface area contributed by atoms with Crippen LogP contribution in [0.25, 0.3) is 0 Å². The summed E-state index contributed by atoms with van der Waals surface area (Å²) in [6.07, 6.45) is 13.3. The molecule has 0 aromatic rings. The topological polar surface area (TPSA) is 77.0 Å². The number of carbonyl (C=O) groups is 1. The Morgan fingerprint density at radius 2 is 2.00 bits per heavy atom. The molecule has 0 radical (unpaired) electrons. The lowest BCUT2D eigenvalue weighted by Gasteiger charge is -2.29. The second-order valence-corrected chi connectivity index (χ2v) is 7.37. The van der Waals surface area contributed by atoms with E-state index in [4.69, 9.17) is 19.4 Å². The number of fused-ring (bicyclic) bond motifs is 2. The summed E-state index contributed by atoms with van der Waals surface area (Å²) in [4.78, 5) is 16.2. The average Bonchev–Trinajstić information content (AvgIpc) is 3.21. The number of rotatable bonds is 10. The molecule has 3 aliphatic heterocycles. The molecule has 6 nitrogen and oxygen atoms in total. The van der Waals surface area contributed by atoms with Gasteiger partial charge in [-0.05, 0) is 50.9 Å². The van der Waals surface area contributed by atoms with Crippen molar-refractivity contribution < 1.29 is 24.2 Å². The monoisotopic (exact) mass is 353 g/mol. The molecular weight excluding hydrogens is 322 g/mol. The van der Waals surface area contributed by atoms with Crippen molar-refractivity contribution in [3.05, 3.63) is 12.2 Å². The van der Waals surface area contributed by atoms with Gasteiger partial charge in [0.1, 0.15) is 0 Å². The minimum atomic E-state index is -0.719. The van der Waals surface area contributed by atoms with Gasteiger partial charge in [0.25, 0.3) is 0 Å². The number of allylic oxidation sites excluding steroid dienone is 2. The lowest BCUT2D eigenvalue weighted by Crippen LogP contribution is -2.38. The molecule has 6 heteroatoms. The number of ether oxygens (including phenoxy) is 2. The van der Waals surface area contributed by atoms with Crippen LogP contribution in [0.5, 0.6) is 0 Å². The minimum Gasteiger partial charge on any atom is -0.481 e. The van der Waals surface area contributed by atoms with Gasteiger partial charge in [-0.25, -0.2) is 0 Å². The number of hydrogen-bond acceptors (Lipinski definition) is 5. The van der Waals surface area contributed by atoms with Crippen molar-refractivity contribution in [2.24, 2.45) is 11.8 Å². The van der Waals surface area contributed by atoms with Gasteiger partial charge >= 0.3 is 5.97 Å². The summed E-state index contributed by atoms with van der Waals surface area (Å²) in [5.41, 5.74) is 3.14. The summed E-state index contributed by atoms with van der Waals surface area (Å²) in [5.74, 6) is 0.284. The van der Waals surface area contributed by atoms with Crippen molar-refractivity contribution in [2.75, 3.05) is 13.2 Å². The third kappa shape index (κ3) is 5.51. The molecule has 3 rings (SSSR count). The van der Waals surface area contributed by atoms with Gasteiger partial charge in [-0.2, -0.15) is 5.48 Å². The lowest BCUT2D eigenvalue weighted by molar-refractivity contribution is -0.199. The zero-order valence-corrected chi connectivity index (χ0v) is 14.9. The highest BCUT2D eigenvalue weighted by Crippen LogP contribution is 2.44. The minimum absolute atomic E-state index is 0.110.